The van der Waals surface area contributed by atoms with Crippen molar-refractivity contribution in [3.05, 3.63) is 84.4 Å². The number of ether oxygens (including phenoxy) is 3. The van der Waals surface area contributed by atoms with Gasteiger partial charge in [0, 0.05) is 0 Å². The van der Waals surface area contributed by atoms with E-state index in [1.54, 1.807) is 0 Å². The van der Waals surface area contributed by atoms with E-state index in [-0.39, 0.29) is 6.10 Å². The smallest absolute Gasteiger partial charge is 0.142 e. The van der Waals surface area contributed by atoms with Crippen LogP contribution in [0.15, 0.2) is 78.9 Å². The zero-order chi connectivity index (χ0) is 20.3. The van der Waals surface area contributed by atoms with Gasteiger partial charge in [-0.25, -0.2) is 0 Å². The molecular weight excluding hydrogens is 362 g/mol. The van der Waals surface area contributed by atoms with E-state index in [0.717, 1.165) is 29.4 Å². The molecule has 152 valence electrons. The quantitative estimate of drug-likeness (QED) is 0.424. The molecule has 0 heterocycles. The van der Waals surface area contributed by atoms with Gasteiger partial charge in [0.05, 0.1) is 12.2 Å². The van der Waals surface area contributed by atoms with Crippen LogP contribution in [0.4, 0.5) is 5.69 Å². The van der Waals surface area contributed by atoms with Crippen LogP contribution >= 0.6 is 0 Å². The average molecular weight is 392 g/mol. The van der Waals surface area contributed by atoms with Crippen LogP contribution in [0.25, 0.3) is 0 Å². The van der Waals surface area contributed by atoms with Gasteiger partial charge in [-0.05, 0) is 55.3 Å². The van der Waals surface area contributed by atoms with Crippen LogP contribution in [-0.2, 0) is 0 Å². The third-order valence-electron chi connectivity index (χ3n) is 4.51. The highest BCUT2D eigenvalue weighted by atomic mass is 16.5. The summed E-state index contributed by atoms with van der Waals surface area (Å²) in [6, 6.07) is 25.9. The topological polar surface area (TPSA) is 39.7 Å². The van der Waals surface area contributed by atoms with Crippen molar-refractivity contribution < 1.29 is 14.2 Å². The molecule has 0 saturated carbocycles. The highest BCUT2D eigenvalue weighted by molar-refractivity contribution is 5.56. The fourth-order valence-corrected chi connectivity index (χ4v) is 2.94. The van der Waals surface area contributed by atoms with Gasteiger partial charge in [-0.1, -0.05) is 49.4 Å². The first-order valence-electron chi connectivity index (χ1n) is 10.1. The molecule has 3 rings (SSSR count). The Morgan fingerprint density at radius 3 is 2.31 bits per heavy atom. The van der Waals surface area contributed by atoms with Gasteiger partial charge in [-0.15, -0.1) is 0 Å². The third-order valence-corrected chi connectivity index (χ3v) is 4.51. The molecule has 0 bridgehead atoms. The van der Waals surface area contributed by atoms with E-state index in [2.05, 4.69) is 31.3 Å². The van der Waals surface area contributed by atoms with Gasteiger partial charge in [0.1, 0.15) is 36.6 Å². The maximum atomic E-state index is 6.13. The van der Waals surface area contributed by atoms with Crippen LogP contribution in [0, 0.1) is 6.92 Å². The van der Waals surface area contributed by atoms with Crippen molar-refractivity contribution in [1.82, 2.24) is 0 Å². The van der Waals surface area contributed by atoms with Gasteiger partial charge in [-0.3, -0.25) is 0 Å². The lowest BCUT2D eigenvalue weighted by Gasteiger charge is -2.20. The van der Waals surface area contributed by atoms with Crippen LogP contribution in [0.1, 0.15) is 18.9 Å². The summed E-state index contributed by atoms with van der Waals surface area (Å²) < 4.78 is 17.8. The van der Waals surface area contributed by atoms with E-state index >= 15 is 0 Å². The SMILES string of the molecule is CCC(CNc1ccccc1OCCOc1ccccc1)Oc1cccc(C)c1. The lowest BCUT2D eigenvalue weighted by Crippen LogP contribution is -2.25. The van der Waals surface area contributed by atoms with Gasteiger partial charge in [0.15, 0.2) is 0 Å². The highest BCUT2D eigenvalue weighted by Gasteiger charge is 2.10. The molecule has 4 nitrogen and oxygen atoms in total. The van der Waals surface area contributed by atoms with E-state index in [0.29, 0.717) is 19.8 Å². The summed E-state index contributed by atoms with van der Waals surface area (Å²) in [5.74, 6) is 2.57. The van der Waals surface area contributed by atoms with Gasteiger partial charge in [0.2, 0.25) is 0 Å². The molecule has 3 aromatic rings. The second-order valence-corrected chi connectivity index (χ2v) is 6.85. The molecule has 0 radical (unpaired) electrons. The standard InChI is InChI=1S/C25H29NO3/c1-3-21(29-23-13-9-10-20(2)18-23)19-26-24-14-7-8-15-25(24)28-17-16-27-22-11-5-4-6-12-22/h4-15,18,21,26H,3,16-17,19H2,1-2H3. The van der Waals surface area contributed by atoms with Gasteiger partial charge in [-0.2, -0.15) is 0 Å². The molecule has 1 unspecified atom stereocenters. The van der Waals surface area contributed by atoms with Crippen molar-refractivity contribution in [2.75, 3.05) is 25.1 Å². The van der Waals surface area contributed by atoms with Gasteiger partial charge >= 0.3 is 0 Å². The predicted octanol–water partition coefficient (Wildman–Crippen LogP) is 5.72. The van der Waals surface area contributed by atoms with Crippen LogP contribution < -0.4 is 19.5 Å². The fourth-order valence-electron chi connectivity index (χ4n) is 2.94. The van der Waals surface area contributed by atoms with E-state index < -0.39 is 0 Å². The second kappa shape index (κ2) is 11.0. The third kappa shape index (κ3) is 6.75. The molecule has 0 aliphatic heterocycles. The van der Waals surface area contributed by atoms with Gasteiger partial charge in [0.25, 0.3) is 0 Å². The Kier molecular flexibility index (Phi) is 7.81. The Balaban J connectivity index is 1.50. The first-order chi connectivity index (χ1) is 14.2. The Morgan fingerprint density at radius 2 is 1.52 bits per heavy atom. The molecule has 29 heavy (non-hydrogen) atoms. The lowest BCUT2D eigenvalue weighted by atomic mass is 10.2. The van der Waals surface area contributed by atoms with Crippen molar-refractivity contribution in [2.24, 2.45) is 0 Å². The normalized spacial score (nSPS) is 11.5. The minimum atomic E-state index is 0.0753. The molecule has 1 atom stereocenters. The minimum Gasteiger partial charge on any atom is -0.490 e. The number of rotatable bonds is 11. The minimum absolute atomic E-state index is 0.0753. The number of nitrogens with one attached hydrogen (secondary N) is 1. The first kappa shape index (κ1) is 20.6. The summed E-state index contributed by atoms with van der Waals surface area (Å²) >= 11 is 0. The highest BCUT2D eigenvalue weighted by Crippen LogP contribution is 2.24. The Bertz CT molecular complexity index is 867. The predicted molar refractivity (Wildman–Crippen MR) is 118 cm³/mol. The van der Waals surface area contributed by atoms with E-state index in [4.69, 9.17) is 14.2 Å². The van der Waals surface area contributed by atoms with Gasteiger partial charge < -0.3 is 19.5 Å². The van der Waals surface area contributed by atoms with E-state index in [1.807, 2.05) is 66.7 Å². The summed E-state index contributed by atoms with van der Waals surface area (Å²) in [6.07, 6.45) is 0.987. The molecule has 0 spiro atoms. The summed E-state index contributed by atoms with van der Waals surface area (Å²) in [5, 5.41) is 3.47. The number of aryl methyl sites for hydroxylation is 1. The van der Waals surface area contributed by atoms with E-state index in [1.165, 1.54) is 5.56 Å². The lowest BCUT2D eigenvalue weighted by molar-refractivity contribution is 0.208. The maximum Gasteiger partial charge on any atom is 0.142 e. The largest absolute Gasteiger partial charge is 0.490 e. The number of para-hydroxylation sites is 3. The molecule has 0 aromatic heterocycles. The average Bonchev–Trinajstić information content (AvgIpc) is 2.75. The molecular formula is C25H29NO3. The van der Waals surface area contributed by atoms with Crippen molar-refractivity contribution in [3.8, 4) is 17.2 Å². The molecule has 1 N–H and O–H groups in total. The molecule has 0 aliphatic rings. The monoisotopic (exact) mass is 391 g/mol. The summed E-state index contributed by atoms with van der Waals surface area (Å²) in [7, 11) is 0. The zero-order valence-electron chi connectivity index (χ0n) is 17.1. The van der Waals surface area contributed by atoms with Crippen LogP contribution in [-0.4, -0.2) is 25.9 Å². The Labute approximate surface area is 173 Å². The van der Waals surface area contributed by atoms with Crippen molar-refractivity contribution in [3.63, 3.8) is 0 Å². The Morgan fingerprint density at radius 1 is 0.793 bits per heavy atom. The van der Waals surface area contributed by atoms with Crippen molar-refractivity contribution >= 4 is 5.69 Å². The zero-order valence-corrected chi connectivity index (χ0v) is 17.1. The molecule has 3 aromatic carbocycles. The van der Waals surface area contributed by atoms with Crippen molar-refractivity contribution in [1.29, 1.82) is 0 Å². The molecule has 0 amide bonds. The number of benzene rings is 3. The summed E-state index contributed by atoms with van der Waals surface area (Å²) in [4.78, 5) is 0. The van der Waals surface area contributed by atoms with Crippen LogP contribution in [0.3, 0.4) is 0 Å². The first-order valence-corrected chi connectivity index (χ1v) is 10.1. The maximum absolute atomic E-state index is 6.13. The number of hydrogen-bond donors (Lipinski definition) is 1. The molecule has 0 fully saturated rings. The second-order valence-electron chi connectivity index (χ2n) is 6.85. The van der Waals surface area contributed by atoms with Crippen molar-refractivity contribution in [2.45, 2.75) is 26.4 Å². The van der Waals surface area contributed by atoms with E-state index in [9.17, 15) is 0 Å². The molecule has 4 heteroatoms. The van der Waals surface area contributed by atoms with Crippen LogP contribution in [0.2, 0.25) is 0 Å². The summed E-state index contributed by atoms with van der Waals surface area (Å²) in [6.45, 7) is 5.87. The number of hydrogen-bond acceptors (Lipinski definition) is 4. The van der Waals surface area contributed by atoms with Crippen LogP contribution in [0.5, 0.6) is 17.2 Å². The number of anilines is 1. The Hall–Kier alpha value is -3.14. The fraction of sp³-hybridized carbons (Fsp3) is 0.280. The molecule has 0 aliphatic carbocycles. The molecule has 0 saturated heterocycles. The summed E-state index contributed by atoms with van der Waals surface area (Å²) in [5.41, 5.74) is 2.15.